The maximum Gasteiger partial charge on any atom is 0.164 e. The number of hydrogen-bond acceptors (Lipinski definition) is 3. The smallest absolute Gasteiger partial charge is 0.164 e. The quantitative estimate of drug-likeness (QED) is 0.162. The van der Waals surface area contributed by atoms with Gasteiger partial charge in [0.25, 0.3) is 0 Å². The number of rotatable bonds is 23. The predicted octanol–water partition coefficient (Wildman–Crippen LogP) is 8.55. The van der Waals surface area contributed by atoms with E-state index in [4.69, 9.17) is 4.74 Å². The zero-order valence-electron chi connectivity index (χ0n) is 21.9. The van der Waals surface area contributed by atoms with Crippen LogP contribution < -0.4 is 0 Å². The lowest BCUT2D eigenvalue weighted by atomic mass is 9.97. The first kappa shape index (κ1) is 30.6. The third-order valence-corrected chi connectivity index (χ3v) is 6.36. The molecule has 0 saturated carbocycles. The molecule has 0 unspecified atom stereocenters. The van der Waals surface area contributed by atoms with Crippen molar-refractivity contribution in [2.75, 3.05) is 6.61 Å². The average Bonchev–Trinajstić information content (AvgIpc) is 2.69. The Balaban J connectivity index is 3.41. The molecular formula is C28H56O3. The van der Waals surface area contributed by atoms with Crippen molar-refractivity contribution in [3.63, 3.8) is 0 Å². The van der Waals surface area contributed by atoms with E-state index < -0.39 is 11.2 Å². The minimum atomic E-state index is -0.743. The van der Waals surface area contributed by atoms with Gasteiger partial charge in [0, 0.05) is 6.42 Å². The van der Waals surface area contributed by atoms with Gasteiger partial charge in [-0.1, -0.05) is 110 Å². The van der Waals surface area contributed by atoms with E-state index in [9.17, 15) is 9.90 Å². The second-order valence-corrected chi connectivity index (χ2v) is 10.8. The molecule has 0 aromatic rings. The summed E-state index contributed by atoms with van der Waals surface area (Å²) in [5, 5.41) is 9.75. The number of hydrogen-bond donors (Lipinski definition) is 1. The maximum atomic E-state index is 12.4. The molecule has 0 aliphatic rings. The molecule has 0 spiro atoms. The van der Waals surface area contributed by atoms with E-state index in [1.807, 2.05) is 13.8 Å². The van der Waals surface area contributed by atoms with Crippen molar-refractivity contribution in [3.05, 3.63) is 0 Å². The third kappa shape index (κ3) is 21.2. The van der Waals surface area contributed by atoms with Crippen molar-refractivity contribution < 1.29 is 14.6 Å². The first-order chi connectivity index (χ1) is 14.7. The van der Waals surface area contributed by atoms with Crippen LogP contribution in [0.4, 0.5) is 0 Å². The highest BCUT2D eigenvalue weighted by atomic mass is 16.5. The van der Waals surface area contributed by atoms with E-state index in [0.717, 1.165) is 12.8 Å². The zero-order chi connectivity index (χ0) is 23.4. The Morgan fingerprint density at radius 3 is 1.35 bits per heavy atom. The molecule has 0 aromatic heterocycles. The lowest BCUT2D eigenvalue weighted by Gasteiger charge is -2.26. The van der Waals surface area contributed by atoms with E-state index in [2.05, 4.69) is 6.92 Å². The van der Waals surface area contributed by atoms with Crippen molar-refractivity contribution >= 4 is 5.78 Å². The Bertz CT molecular complexity index is 409. The van der Waals surface area contributed by atoms with Crippen molar-refractivity contribution in [1.29, 1.82) is 0 Å². The Labute approximate surface area is 195 Å². The molecule has 3 nitrogen and oxygen atoms in total. The predicted molar refractivity (Wildman–Crippen MR) is 135 cm³/mol. The molecule has 0 bridgehead atoms. The summed E-state index contributed by atoms with van der Waals surface area (Å²) in [7, 11) is 0. The monoisotopic (exact) mass is 440 g/mol. The molecule has 0 atom stereocenters. The summed E-state index contributed by atoms with van der Waals surface area (Å²) >= 11 is 0. The van der Waals surface area contributed by atoms with Crippen LogP contribution in [0.5, 0.6) is 0 Å². The van der Waals surface area contributed by atoms with Gasteiger partial charge in [0.2, 0.25) is 0 Å². The van der Waals surface area contributed by atoms with Gasteiger partial charge in [-0.2, -0.15) is 0 Å². The lowest BCUT2D eigenvalue weighted by Crippen LogP contribution is -2.36. The Hall–Kier alpha value is -0.410. The third-order valence-electron chi connectivity index (χ3n) is 6.36. The Kier molecular flexibility index (Phi) is 18.8. The molecule has 0 aliphatic heterocycles. The van der Waals surface area contributed by atoms with Gasteiger partial charge in [-0.3, -0.25) is 4.79 Å². The van der Waals surface area contributed by atoms with Crippen LogP contribution in [0.25, 0.3) is 0 Å². The van der Waals surface area contributed by atoms with E-state index in [-0.39, 0.29) is 5.78 Å². The van der Waals surface area contributed by atoms with Crippen LogP contribution in [0.1, 0.15) is 157 Å². The number of aliphatic hydroxyl groups is 1. The van der Waals surface area contributed by atoms with E-state index in [1.54, 1.807) is 13.8 Å². The van der Waals surface area contributed by atoms with Crippen molar-refractivity contribution in [2.24, 2.45) is 0 Å². The first-order valence-electron chi connectivity index (χ1n) is 13.6. The van der Waals surface area contributed by atoms with Crippen molar-refractivity contribution in [3.8, 4) is 0 Å². The summed E-state index contributed by atoms with van der Waals surface area (Å²) in [6, 6.07) is 0. The molecule has 186 valence electrons. The summed E-state index contributed by atoms with van der Waals surface area (Å²) in [5.74, 6) is 0.184. The first-order valence-corrected chi connectivity index (χ1v) is 13.6. The van der Waals surface area contributed by atoms with Crippen LogP contribution in [-0.4, -0.2) is 28.7 Å². The highest BCUT2D eigenvalue weighted by molar-refractivity contribution is 5.86. The Morgan fingerprint density at radius 1 is 0.645 bits per heavy atom. The number of ether oxygens (including phenoxy) is 1. The van der Waals surface area contributed by atoms with Gasteiger partial charge in [-0.25, -0.2) is 0 Å². The minimum absolute atomic E-state index is 0.184. The Morgan fingerprint density at radius 2 is 1.00 bits per heavy atom. The lowest BCUT2D eigenvalue weighted by molar-refractivity contribution is -0.142. The van der Waals surface area contributed by atoms with E-state index in [1.165, 1.54) is 96.3 Å². The largest absolute Gasteiger partial charge is 0.390 e. The van der Waals surface area contributed by atoms with Gasteiger partial charge < -0.3 is 9.84 Å². The molecule has 0 aromatic carbocycles. The second-order valence-electron chi connectivity index (χ2n) is 10.8. The molecule has 0 fully saturated rings. The molecule has 0 heterocycles. The fourth-order valence-electron chi connectivity index (χ4n) is 3.95. The minimum Gasteiger partial charge on any atom is -0.390 e. The highest BCUT2D eigenvalue weighted by Gasteiger charge is 2.28. The molecule has 0 amide bonds. The van der Waals surface area contributed by atoms with Crippen LogP contribution in [0.2, 0.25) is 0 Å². The highest BCUT2D eigenvalue weighted by Crippen LogP contribution is 2.19. The van der Waals surface area contributed by atoms with Gasteiger partial charge in [0.15, 0.2) is 5.78 Å². The summed E-state index contributed by atoms with van der Waals surface area (Å²) in [6.07, 6.45) is 24.1. The number of unbranched alkanes of at least 4 members (excludes halogenated alkanes) is 16. The molecule has 0 rings (SSSR count). The van der Waals surface area contributed by atoms with E-state index in [0.29, 0.717) is 19.4 Å². The standard InChI is InChI=1S/C28H56O3/c1-6-7-8-9-10-11-12-13-14-15-16-17-18-19-20-21-22-23-26(29)28(4,5)31-25-24-27(2,3)30/h30H,6-25H2,1-5H3. The summed E-state index contributed by atoms with van der Waals surface area (Å²) in [6.45, 7) is 9.94. The molecule has 0 aliphatic carbocycles. The summed E-state index contributed by atoms with van der Waals surface area (Å²) in [4.78, 5) is 12.4. The fourth-order valence-corrected chi connectivity index (χ4v) is 3.95. The van der Waals surface area contributed by atoms with Gasteiger partial charge in [0.05, 0.1) is 12.2 Å². The van der Waals surface area contributed by atoms with Crippen LogP contribution in [0.15, 0.2) is 0 Å². The van der Waals surface area contributed by atoms with Crippen LogP contribution in [0.3, 0.4) is 0 Å². The fraction of sp³-hybridized carbons (Fsp3) is 0.964. The zero-order valence-corrected chi connectivity index (χ0v) is 21.9. The van der Waals surface area contributed by atoms with Crippen LogP contribution in [0, 0.1) is 0 Å². The average molecular weight is 441 g/mol. The molecular weight excluding hydrogens is 384 g/mol. The van der Waals surface area contributed by atoms with Crippen LogP contribution >= 0.6 is 0 Å². The van der Waals surface area contributed by atoms with E-state index >= 15 is 0 Å². The van der Waals surface area contributed by atoms with Gasteiger partial charge in [0.1, 0.15) is 5.60 Å². The molecule has 1 N–H and O–H groups in total. The number of carbonyl (C=O) groups is 1. The van der Waals surface area contributed by atoms with Crippen LogP contribution in [-0.2, 0) is 9.53 Å². The SMILES string of the molecule is CCCCCCCCCCCCCCCCCCCC(=O)C(C)(C)OCCC(C)(C)O. The number of carbonyl (C=O) groups excluding carboxylic acids is 1. The summed E-state index contributed by atoms with van der Waals surface area (Å²) in [5.41, 5.74) is -1.48. The topological polar surface area (TPSA) is 46.5 Å². The number of Topliss-reactive ketones (excluding diaryl/α,β-unsaturated/α-hetero) is 1. The van der Waals surface area contributed by atoms with Crippen molar-refractivity contribution in [2.45, 2.75) is 168 Å². The molecule has 3 heteroatoms. The maximum absolute atomic E-state index is 12.4. The molecule has 0 saturated heterocycles. The van der Waals surface area contributed by atoms with Gasteiger partial charge in [-0.15, -0.1) is 0 Å². The number of ketones is 1. The normalized spacial score (nSPS) is 12.5. The molecule has 31 heavy (non-hydrogen) atoms. The van der Waals surface area contributed by atoms with Gasteiger partial charge in [-0.05, 0) is 40.5 Å². The van der Waals surface area contributed by atoms with Crippen molar-refractivity contribution in [1.82, 2.24) is 0 Å². The second kappa shape index (κ2) is 19.1. The molecule has 0 radical (unpaired) electrons. The van der Waals surface area contributed by atoms with Gasteiger partial charge >= 0.3 is 0 Å². The summed E-state index contributed by atoms with van der Waals surface area (Å²) < 4.78 is 5.74.